The SMILES string of the molecule is CCN(Cc1ccc2c(c1)nnn2C)CC1CCN(c2ncc(C(=O)NOC3CCCCO3)cn2)CC1. The maximum Gasteiger partial charge on any atom is 0.278 e. The Hall–Kier alpha value is -3.15. The number of hydrogen-bond acceptors (Lipinski definition) is 9. The number of piperidine rings is 1. The molecule has 0 saturated carbocycles. The second-order valence-corrected chi connectivity index (χ2v) is 9.91. The number of benzene rings is 1. The number of rotatable bonds is 9. The summed E-state index contributed by atoms with van der Waals surface area (Å²) in [6.07, 6.45) is 7.74. The van der Waals surface area contributed by atoms with Gasteiger partial charge in [-0.05, 0) is 55.8 Å². The molecule has 11 nitrogen and oxygen atoms in total. The predicted molar refractivity (Wildman–Crippen MR) is 139 cm³/mol. The summed E-state index contributed by atoms with van der Waals surface area (Å²) in [6.45, 7) is 7.66. The van der Waals surface area contributed by atoms with Gasteiger partial charge in [-0.2, -0.15) is 0 Å². The lowest BCUT2D eigenvalue weighted by atomic mass is 9.96. The predicted octanol–water partition coefficient (Wildman–Crippen LogP) is 2.68. The molecule has 1 aromatic carbocycles. The van der Waals surface area contributed by atoms with Crippen molar-refractivity contribution in [2.45, 2.75) is 51.9 Å². The molecule has 1 N–H and O–H groups in total. The van der Waals surface area contributed by atoms with Crippen LogP contribution < -0.4 is 10.4 Å². The third kappa shape index (κ3) is 6.41. The van der Waals surface area contributed by atoms with Crippen LogP contribution in [-0.2, 0) is 23.2 Å². The fraction of sp³-hybridized carbons (Fsp3) is 0.577. The molecule has 0 spiro atoms. The number of carbonyl (C=O) groups is 1. The van der Waals surface area contributed by atoms with Crippen LogP contribution in [0.2, 0.25) is 0 Å². The monoisotopic (exact) mass is 508 g/mol. The van der Waals surface area contributed by atoms with Gasteiger partial charge in [0.15, 0.2) is 6.29 Å². The Morgan fingerprint density at radius 2 is 2.00 bits per heavy atom. The van der Waals surface area contributed by atoms with Gasteiger partial charge in [0.25, 0.3) is 5.91 Å². The van der Waals surface area contributed by atoms with Crippen LogP contribution in [0.5, 0.6) is 0 Å². The van der Waals surface area contributed by atoms with E-state index in [0.29, 0.717) is 24.0 Å². The maximum atomic E-state index is 12.3. The van der Waals surface area contributed by atoms with Crippen LogP contribution in [0.15, 0.2) is 30.6 Å². The van der Waals surface area contributed by atoms with E-state index in [0.717, 1.165) is 75.9 Å². The van der Waals surface area contributed by atoms with Crippen molar-refractivity contribution >= 4 is 22.9 Å². The van der Waals surface area contributed by atoms with Crippen molar-refractivity contribution in [3.63, 3.8) is 0 Å². The van der Waals surface area contributed by atoms with Crippen molar-refractivity contribution in [2.75, 3.05) is 37.7 Å². The molecule has 0 aliphatic carbocycles. The maximum absolute atomic E-state index is 12.3. The van der Waals surface area contributed by atoms with Gasteiger partial charge in [-0.15, -0.1) is 5.10 Å². The molecule has 2 saturated heterocycles. The largest absolute Gasteiger partial charge is 0.350 e. The third-order valence-electron chi connectivity index (χ3n) is 7.26. The van der Waals surface area contributed by atoms with Crippen molar-refractivity contribution in [2.24, 2.45) is 13.0 Å². The molecule has 3 aromatic rings. The van der Waals surface area contributed by atoms with Crippen molar-refractivity contribution in [3.05, 3.63) is 41.7 Å². The normalized spacial score (nSPS) is 19.0. The molecule has 5 rings (SSSR count). The Morgan fingerprint density at radius 3 is 2.73 bits per heavy atom. The van der Waals surface area contributed by atoms with Crippen LogP contribution in [0.3, 0.4) is 0 Å². The molecule has 0 radical (unpaired) electrons. The van der Waals surface area contributed by atoms with Crippen LogP contribution in [0, 0.1) is 5.92 Å². The van der Waals surface area contributed by atoms with E-state index in [9.17, 15) is 4.79 Å². The van der Waals surface area contributed by atoms with E-state index < -0.39 is 0 Å². The summed E-state index contributed by atoms with van der Waals surface area (Å²) >= 11 is 0. The number of nitrogens with zero attached hydrogens (tertiary/aromatic N) is 7. The minimum Gasteiger partial charge on any atom is -0.350 e. The molecule has 2 aromatic heterocycles. The van der Waals surface area contributed by atoms with E-state index >= 15 is 0 Å². The number of hydrogen-bond donors (Lipinski definition) is 1. The average molecular weight is 509 g/mol. The molecule has 2 aliphatic rings. The average Bonchev–Trinajstić information content (AvgIpc) is 3.32. The molecule has 198 valence electrons. The molecule has 2 aliphatic heterocycles. The van der Waals surface area contributed by atoms with Crippen molar-refractivity contribution in [1.29, 1.82) is 0 Å². The lowest BCUT2D eigenvalue weighted by Gasteiger charge is -2.34. The Balaban J connectivity index is 1.08. The van der Waals surface area contributed by atoms with E-state index in [1.165, 1.54) is 5.56 Å². The van der Waals surface area contributed by atoms with Crippen molar-refractivity contribution in [1.82, 2.24) is 35.3 Å². The topological polar surface area (TPSA) is 111 Å². The second kappa shape index (κ2) is 11.9. The molecule has 0 bridgehead atoms. The molecule has 11 heteroatoms. The summed E-state index contributed by atoms with van der Waals surface area (Å²) in [5.74, 6) is 0.925. The summed E-state index contributed by atoms with van der Waals surface area (Å²) in [4.78, 5) is 31.3. The van der Waals surface area contributed by atoms with Gasteiger partial charge >= 0.3 is 0 Å². The van der Waals surface area contributed by atoms with E-state index in [4.69, 9.17) is 9.57 Å². The quantitative estimate of drug-likeness (QED) is 0.436. The molecule has 1 unspecified atom stereocenters. The summed E-state index contributed by atoms with van der Waals surface area (Å²) in [7, 11) is 1.92. The highest BCUT2D eigenvalue weighted by molar-refractivity contribution is 5.92. The number of aromatic nitrogens is 5. The zero-order valence-corrected chi connectivity index (χ0v) is 21.7. The molecule has 1 atom stereocenters. The lowest BCUT2D eigenvalue weighted by Crippen LogP contribution is -2.39. The van der Waals surface area contributed by atoms with Gasteiger partial charge in [0.2, 0.25) is 5.95 Å². The standard InChI is InChI=1S/C26H36N8O3/c1-3-33(18-20-7-8-23-22(14-20)29-31-32(23)2)17-19-9-11-34(12-10-19)26-27-15-21(16-28-26)25(35)30-37-24-6-4-5-13-36-24/h7-8,14-16,19,24H,3-6,9-13,17-18H2,1-2H3,(H,30,35). The zero-order valence-electron chi connectivity index (χ0n) is 21.7. The first-order chi connectivity index (χ1) is 18.1. The highest BCUT2D eigenvalue weighted by Crippen LogP contribution is 2.23. The summed E-state index contributed by atoms with van der Waals surface area (Å²) in [5.41, 5.74) is 6.08. The Labute approximate surface area is 217 Å². The summed E-state index contributed by atoms with van der Waals surface area (Å²) in [6, 6.07) is 6.42. The number of aryl methyl sites for hydroxylation is 1. The van der Waals surface area contributed by atoms with Crippen LogP contribution in [-0.4, -0.2) is 74.8 Å². The van der Waals surface area contributed by atoms with E-state index in [1.807, 2.05) is 7.05 Å². The number of nitrogens with one attached hydrogen (secondary N) is 1. The van der Waals surface area contributed by atoms with Crippen LogP contribution in [0.25, 0.3) is 11.0 Å². The molecule has 1 amide bonds. The minimum atomic E-state index is -0.385. The minimum absolute atomic E-state index is 0.363. The Kier molecular flexibility index (Phi) is 8.22. The molecule has 37 heavy (non-hydrogen) atoms. The van der Waals surface area contributed by atoms with E-state index in [2.05, 4.69) is 60.7 Å². The van der Waals surface area contributed by atoms with Crippen molar-refractivity contribution in [3.8, 4) is 0 Å². The highest BCUT2D eigenvalue weighted by Gasteiger charge is 2.23. The lowest BCUT2D eigenvalue weighted by molar-refractivity contribution is -0.186. The Bertz CT molecular complexity index is 1170. The fourth-order valence-electron chi connectivity index (χ4n) is 5.01. The second-order valence-electron chi connectivity index (χ2n) is 9.91. The smallest absolute Gasteiger partial charge is 0.278 e. The summed E-state index contributed by atoms with van der Waals surface area (Å²) < 4.78 is 7.27. The number of carbonyl (C=O) groups excluding carboxylic acids is 1. The van der Waals surface area contributed by atoms with Gasteiger partial charge in [-0.25, -0.2) is 25.0 Å². The molecular formula is C26H36N8O3. The first-order valence-corrected chi connectivity index (χ1v) is 13.2. The van der Waals surface area contributed by atoms with Gasteiger partial charge in [0.05, 0.1) is 11.1 Å². The fourth-order valence-corrected chi connectivity index (χ4v) is 5.01. The number of fused-ring (bicyclic) bond motifs is 1. The first kappa shape index (κ1) is 25.5. The summed E-state index contributed by atoms with van der Waals surface area (Å²) in [5, 5.41) is 8.36. The molecular weight excluding hydrogens is 472 g/mol. The van der Waals surface area contributed by atoms with Gasteiger partial charge in [0.1, 0.15) is 5.52 Å². The zero-order chi connectivity index (χ0) is 25.6. The highest BCUT2D eigenvalue weighted by atomic mass is 16.8. The van der Waals surface area contributed by atoms with Gasteiger partial charge in [0, 0.05) is 58.6 Å². The molecule has 2 fully saturated rings. The third-order valence-corrected chi connectivity index (χ3v) is 7.26. The number of hydroxylamine groups is 1. The number of ether oxygens (including phenoxy) is 1. The van der Waals surface area contributed by atoms with Crippen molar-refractivity contribution < 1.29 is 14.4 Å². The number of anilines is 1. The van der Waals surface area contributed by atoms with Crippen LogP contribution >= 0.6 is 0 Å². The Morgan fingerprint density at radius 1 is 1.19 bits per heavy atom. The number of amides is 1. The van der Waals surface area contributed by atoms with E-state index in [1.54, 1.807) is 17.1 Å². The molecule has 4 heterocycles. The van der Waals surface area contributed by atoms with Gasteiger partial charge in [-0.3, -0.25) is 9.69 Å². The van der Waals surface area contributed by atoms with E-state index in [-0.39, 0.29) is 12.2 Å². The van der Waals surface area contributed by atoms with Gasteiger partial charge in [-0.1, -0.05) is 18.2 Å². The van der Waals surface area contributed by atoms with Crippen LogP contribution in [0.4, 0.5) is 5.95 Å². The van der Waals surface area contributed by atoms with Crippen LogP contribution in [0.1, 0.15) is 54.9 Å². The van der Waals surface area contributed by atoms with Gasteiger partial charge < -0.3 is 9.64 Å². The first-order valence-electron chi connectivity index (χ1n) is 13.2.